The highest BCUT2D eigenvalue weighted by Gasteiger charge is 2.46. The maximum absolute atomic E-state index is 12.8. The molecule has 0 bridgehead atoms. The minimum atomic E-state index is -0.153. The predicted molar refractivity (Wildman–Crippen MR) is 98.7 cm³/mol. The number of carbonyl (C=O) groups excluding carboxylic acids is 2. The van der Waals surface area contributed by atoms with E-state index >= 15 is 0 Å². The number of nitrogens with two attached hydrogens (primary N) is 1. The lowest BCUT2D eigenvalue weighted by Gasteiger charge is -2.26. The molecule has 0 aromatic carbocycles. The Kier molecular flexibility index (Phi) is 5.62. The number of nitrogens with zero attached hydrogens (tertiary/aromatic N) is 2. The minimum Gasteiger partial charge on any atom is -0.340 e. The summed E-state index contributed by atoms with van der Waals surface area (Å²) in [5, 5.41) is 0. The summed E-state index contributed by atoms with van der Waals surface area (Å²) in [7, 11) is 0. The molecule has 2 aliphatic heterocycles. The number of fused-ring (bicyclic) bond motifs is 1. The van der Waals surface area contributed by atoms with Crippen molar-refractivity contribution in [2.24, 2.45) is 17.6 Å². The van der Waals surface area contributed by atoms with Gasteiger partial charge in [-0.05, 0) is 39.5 Å². The summed E-state index contributed by atoms with van der Waals surface area (Å²) in [6.45, 7) is 6.36. The van der Waals surface area contributed by atoms with Gasteiger partial charge in [-0.15, -0.1) is 0 Å². The molecule has 5 nitrogen and oxygen atoms in total. The fourth-order valence-corrected chi connectivity index (χ4v) is 4.25. The van der Waals surface area contributed by atoms with Crippen LogP contribution in [-0.4, -0.2) is 53.3 Å². The van der Waals surface area contributed by atoms with Crippen LogP contribution in [0.15, 0.2) is 23.8 Å². The molecule has 1 saturated carbocycles. The van der Waals surface area contributed by atoms with Crippen molar-refractivity contribution in [2.45, 2.75) is 58.0 Å². The Balaban J connectivity index is 1.53. The van der Waals surface area contributed by atoms with E-state index in [0.717, 1.165) is 45.3 Å². The smallest absolute Gasteiger partial charge is 0.225 e. The molecule has 25 heavy (non-hydrogen) atoms. The number of hydrogen-bond donors (Lipinski definition) is 1. The summed E-state index contributed by atoms with van der Waals surface area (Å²) in [6.07, 6.45) is 10.3. The Morgan fingerprint density at radius 2 is 1.92 bits per heavy atom. The third kappa shape index (κ3) is 4.14. The van der Waals surface area contributed by atoms with E-state index in [-0.39, 0.29) is 23.9 Å². The molecule has 0 aromatic heterocycles. The quantitative estimate of drug-likeness (QED) is 0.750. The van der Waals surface area contributed by atoms with Crippen molar-refractivity contribution in [2.75, 3.05) is 19.6 Å². The molecule has 0 radical (unpaired) electrons. The largest absolute Gasteiger partial charge is 0.340 e. The van der Waals surface area contributed by atoms with Crippen LogP contribution < -0.4 is 5.73 Å². The van der Waals surface area contributed by atoms with Crippen molar-refractivity contribution in [3.63, 3.8) is 0 Å². The van der Waals surface area contributed by atoms with Crippen LogP contribution in [0.25, 0.3) is 0 Å². The van der Waals surface area contributed by atoms with E-state index in [2.05, 4.69) is 12.2 Å². The molecule has 3 unspecified atom stereocenters. The van der Waals surface area contributed by atoms with Gasteiger partial charge in [0.1, 0.15) is 0 Å². The second kappa shape index (κ2) is 7.73. The van der Waals surface area contributed by atoms with Crippen LogP contribution >= 0.6 is 0 Å². The van der Waals surface area contributed by atoms with E-state index in [9.17, 15) is 9.59 Å². The van der Waals surface area contributed by atoms with Crippen LogP contribution in [0.4, 0.5) is 0 Å². The van der Waals surface area contributed by atoms with Crippen molar-refractivity contribution in [3.05, 3.63) is 23.8 Å². The second-order valence-electron chi connectivity index (χ2n) is 7.75. The van der Waals surface area contributed by atoms with Gasteiger partial charge in [0.15, 0.2) is 0 Å². The van der Waals surface area contributed by atoms with Gasteiger partial charge in [0, 0.05) is 43.9 Å². The molecule has 138 valence electrons. The van der Waals surface area contributed by atoms with Gasteiger partial charge in [-0.1, -0.05) is 23.8 Å². The lowest BCUT2D eigenvalue weighted by atomic mass is 10.0. The molecule has 3 atom stereocenters. The summed E-state index contributed by atoms with van der Waals surface area (Å²) >= 11 is 0. The van der Waals surface area contributed by atoms with Gasteiger partial charge in [0.05, 0.1) is 6.04 Å². The van der Waals surface area contributed by atoms with Crippen LogP contribution in [0.1, 0.15) is 46.0 Å². The number of allylic oxidation sites excluding steroid dienone is 3. The van der Waals surface area contributed by atoms with Crippen molar-refractivity contribution in [1.29, 1.82) is 0 Å². The highest BCUT2D eigenvalue weighted by molar-refractivity contribution is 5.82. The average Bonchev–Trinajstić information content (AvgIpc) is 3.22. The molecular weight excluding hydrogens is 314 g/mol. The highest BCUT2D eigenvalue weighted by Crippen LogP contribution is 2.37. The summed E-state index contributed by atoms with van der Waals surface area (Å²) < 4.78 is 0. The zero-order chi connectivity index (χ0) is 18.0. The molecule has 3 fully saturated rings. The Morgan fingerprint density at radius 1 is 1.16 bits per heavy atom. The van der Waals surface area contributed by atoms with Gasteiger partial charge in [0.2, 0.25) is 11.8 Å². The van der Waals surface area contributed by atoms with Crippen LogP contribution in [-0.2, 0) is 9.59 Å². The molecular formula is C20H31N3O2. The first-order chi connectivity index (χ1) is 12.0. The first-order valence-corrected chi connectivity index (χ1v) is 9.65. The van der Waals surface area contributed by atoms with Crippen molar-refractivity contribution >= 4 is 11.8 Å². The first-order valence-electron chi connectivity index (χ1n) is 9.65. The Hall–Kier alpha value is -1.62. The van der Waals surface area contributed by atoms with Crippen molar-refractivity contribution in [3.8, 4) is 0 Å². The maximum atomic E-state index is 12.8. The summed E-state index contributed by atoms with van der Waals surface area (Å²) in [4.78, 5) is 29.0. The zero-order valence-electron chi connectivity index (χ0n) is 15.5. The van der Waals surface area contributed by atoms with Crippen molar-refractivity contribution < 1.29 is 9.59 Å². The van der Waals surface area contributed by atoms with Gasteiger partial charge >= 0.3 is 0 Å². The van der Waals surface area contributed by atoms with Gasteiger partial charge in [-0.25, -0.2) is 0 Å². The van der Waals surface area contributed by atoms with E-state index in [1.165, 1.54) is 5.57 Å². The van der Waals surface area contributed by atoms with E-state index in [1.54, 1.807) is 0 Å². The average molecular weight is 345 g/mol. The molecule has 2 N–H and O–H groups in total. The van der Waals surface area contributed by atoms with Crippen LogP contribution in [0.2, 0.25) is 0 Å². The van der Waals surface area contributed by atoms with E-state index < -0.39 is 0 Å². The lowest BCUT2D eigenvalue weighted by Crippen LogP contribution is -2.43. The lowest BCUT2D eigenvalue weighted by molar-refractivity contribution is -0.135. The Labute approximate surface area is 150 Å². The number of amides is 2. The fraction of sp³-hybridized carbons (Fsp3) is 0.700. The van der Waals surface area contributed by atoms with E-state index in [0.29, 0.717) is 18.2 Å². The maximum Gasteiger partial charge on any atom is 0.225 e. The standard InChI is InChI=1S/C20H31N3O2/c1-3-5-14(4-2)10-17(21)11-19(24)23-9-8-16-12-22(13-18(16)23)20(25)15-6-7-15/h3-5,15-18H,6-13,21H2,1-2H3. The zero-order valence-corrected chi connectivity index (χ0v) is 15.5. The molecule has 2 amide bonds. The minimum absolute atomic E-state index is 0.150. The monoisotopic (exact) mass is 345 g/mol. The molecule has 3 aliphatic rings. The Morgan fingerprint density at radius 3 is 2.56 bits per heavy atom. The number of hydrogen-bond acceptors (Lipinski definition) is 3. The predicted octanol–water partition coefficient (Wildman–Crippen LogP) is 2.09. The summed E-state index contributed by atoms with van der Waals surface area (Å²) in [6, 6.07) is 0.0543. The third-order valence-corrected chi connectivity index (χ3v) is 5.79. The van der Waals surface area contributed by atoms with Gasteiger partial charge < -0.3 is 15.5 Å². The summed E-state index contributed by atoms with van der Waals surface area (Å²) in [5.74, 6) is 1.18. The molecule has 0 aromatic rings. The number of carbonyl (C=O) groups is 2. The topological polar surface area (TPSA) is 66.6 Å². The second-order valence-corrected chi connectivity index (χ2v) is 7.75. The van der Waals surface area contributed by atoms with E-state index in [1.807, 2.05) is 29.7 Å². The Bertz CT molecular complexity index is 579. The molecule has 2 heterocycles. The molecule has 2 saturated heterocycles. The molecule has 3 rings (SSSR count). The van der Waals surface area contributed by atoms with Gasteiger partial charge in [-0.2, -0.15) is 0 Å². The SMILES string of the molecule is CC=CC(=CC)CC(N)CC(=O)N1CCC2CN(C(=O)C3CC3)CC21. The number of rotatable bonds is 6. The van der Waals surface area contributed by atoms with Crippen LogP contribution in [0.5, 0.6) is 0 Å². The fourth-order valence-electron chi connectivity index (χ4n) is 4.25. The van der Waals surface area contributed by atoms with Crippen LogP contribution in [0.3, 0.4) is 0 Å². The highest BCUT2D eigenvalue weighted by atomic mass is 16.2. The van der Waals surface area contributed by atoms with Crippen molar-refractivity contribution in [1.82, 2.24) is 9.80 Å². The molecule has 5 heteroatoms. The summed E-state index contributed by atoms with van der Waals surface area (Å²) in [5.41, 5.74) is 7.39. The van der Waals surface area contributed by atoms with Gasteiger partial charge in [0.25, 0.3) is 0 Å². The van der Waals surface area contributed by atoms with Crippen LogP contribution in [0, 0.1) is 11.8 Å². The molecule has 0 spiro atoms. The van der Waals surface area contributed by atoms with Gasteiger partial charge in [-0.3, -0.25) is 9.59 Å². The molecule has 1 aliphatic carbocycles. The normalized spacial score (nSPS) is 27.9. The third-order valence-electron chi connectivity index (χ3n) is 5.79. The first kappa shape index (κ1) is 18.2. The van der Waals surface area contributed by atoms with E-state index in [4.69, 9.17) is 5.73 Å². The number of likely N-dealkylation sites (tertiary alicyclic amines) is 2.